The highest BCUT2D eigenvalue weighted by Gasteiger charge is 2.31. The number of hydrogen-bond donors (Lipinski definition) is 2. The zero-order valence-corrected chi connectivity index (χ0v) is 13.6. The Balaban J connectivity index is 1.96. The SMILES string of the molecule is CC[C@@](C)(CNC(=O)c1cc(C(C)=O)c[nH]1)N1CCOCC1. The smallest absolute Gasteiger partial charge is 0.267 e. The first-order valence-electron chi connectivity index (χ1n) is 7.76. The second kappa shape index (κ2) is 7.07. The molecule has 1 atom stereocenters. The molecule has 2 rings (SSSR count). The summed E-state index contributed by atoms with van der Waals surface area (Å²) in [6, 6.07) is 1.59. The van der Waals surface area contributed by atoms with Crippen LogP contribution in [0.25, 0.3) is 0 Å². The Morgan fingerprint density at radius 3 is 2.64 bits per heavy atom. The number of nitrogens with one attached hydrogen (secondary N) is 2. The van der Waals surface area contributed by atoms with E-state index in [9.17, 15) is 9.59 Å². The van der Waals surface area contributed by atoms with Gasteiger partial charge in [-0.25, -0.2) is 0 Å². The van der Waals surface area contributed by atoms with Gasteiger partial charge in [-0.05, 0) is 26.3 Å². The molecule has 1 aliphatic heterocycles. The van der Waals surface area contributed by atoms with E-state index in [2.05, 4.69) is 29.0 Å². The molecule has 1 amide bonds. The van der Waals surface area contributed by atoms with E-state index in [1.165, 1.54) is 6.92 Å². The lowest BCUT2D eigenvalue weighted by molar-refractivity contribution is -0.0169. The summed E-state index contributed by atoms with van der Waals surface area (Å²) in [5.74, 6) is -0.234. The van der Waals surface area contributed by atoms with Crippen LogP contribution in [0.4, 0.5) is 0 Å². The van der Waals surface area contributed by atoms with Crippen molar-refractivity contribution in [2.45, 2.75) is 32.7 Å². The van der Waals surface area contributed by atoms with Crippen LogP contribution in [0.2, 0.25) is 0 Å². The van der Waals surface area contributed by atoms with Gasteiger partial charge in [0.25, 0.3) is 5.91 Å². The molecule has 2 heterocycles. The van der Waals surface area contributed by atoms with Gasteiger partial charge in [-0.3, -0.25) is 14.5 Å². The third-order valence-electron chi connectivity index (χ3n) is 4.50. The third-order valence-corrected chi connectivity index (χ3v) is 4.50. The van der Waals surface area contributed by atoms with E-state index >= 15 is 0 Å². The van der Waals surface area contributed by atoms with Crippen LogP contribution in [0.15, 0.2) is 12.3 Å². The number of ether oxygens (including phenoxy) is 1. The Morgan fingerprint density at radius 2 is 2.09 bits per heavy atom. The van der Waals surface area contributed by atoms with Crippen LogP contribution in [-0.4, -0.2) is 60.0 Å². The van der Waals surface area contributed by atoms with E-state index < -0.39 is 0 Å². The Hall–Kier alpha value is -1.66. The number of H-pyrrole nitrogens is 1. The lowest BCUT2D eigenvalue weighted by atomic mass is 9.95. The summed E-state index contributed by atoms with van der Waals surface area (Å²) in [7, 11) is 0. The topological polar surface area (TPSA) is 74.4 Å². The quantitative estimate of drug-likeness (QED) is 0.780. The van der Waals surface area contributed by atoms with Gasteiger partial charge in [-0.2, -0.15) is 0 Å². The first kappa shape index (κ1) is 16.7. The van der Waals surface area contributed by atoms with Crippen molar-refractivity contribution in [1.29, 1.82) is 0 Å². The van der Waals surface area contributed by atoms with Crippen molar-refractivity contribution in [2.24, 2.45) is 0 Å². The first-order chi connectivity index (χ1) is 10.5. The Bertz CT molecular complexity index is 534. The number of ketones is 1. The van der Waals surface area contributed by atoms with Crippen LogP contribution >= 0.6 is 0 Å². The minimum atomic E-state index is -0.180. The maximum atomic E-state index is 12.2. The second-order valence-electron chi connectivity index (χ2n) is 5.99. The van der Waals surface area contributed by atoms with Gasteiger partial charge >= 0.3 is 0 Å². The summed E-state index contributed by atoms with van der Waals surface area (Å²) < 4.78 is 5.39. The van der Waals surface area contributed by atoms with Crippen LogP contribution in [0.5, 0.6) is 0 Å². The van der Waals surface area contributed by atoms with Gasteiger partial charge in [0.15, 0.2) is 5.78 Å². The average molecular weight is 307 g/mol. The highest BCUT2D eigenvalue weighted by atomic mass is 16.5. The van der Waals surface area contributed by atoms with E-state index in [0.29, 0.717) is 17.8 Å². The largest absolute Gasteiger partial charge is 0.379 e. The number of rotatable bonds is 6. The minimum Gasteiger partial charge on any atom is -0.379 e. The number of carbonyl (C=O) groups is 2. The fraction of sp³-hybridized carbons (Fsp3) is 0.625. The number of Topliss-reactive ketones (excluding diaryl/α,β-unsaturated/α-hetero) is 1. The van der Waals surface area contributed by atoms with E-state index in [0.717, 1.165) is 32.7 Å². The lowest BCUT2D eigenvalue weighted by Gasteiger charge is -2.43. The molecular weight excluding hydrogens is 282 g/mol. The van der Waals surface area contributed by atoms with Gasteiger partial charge in [-0.1, -0.05) is 6.92 Å². The molecule has 0 unspecified atom stereocenters. The zero-order chi connectivity index (χ0) is 16.2. The van der Waals surface area contributed by atoms with Crippen molar-refractivity contribution in [3.8, 4) is 0 Å². The van der Waals surface area contributed by atoms with Gasteiger partial charge in [0.1, 0.15) is 5.69 Å². The van der Waals surface area contributed by atoms with Crippen LogP contribution < -0.4 is 5.32 Å². The molecule has 1 fully saturated rings. The predicted octanol–water partition coefficient (Wildman–Crippen LogP) is 1.45. The molecule has 1 aromatic rings. The summed E-state index contributed by atoms with van der Waals surface area (Å²) in [4.78, 5) is 28.7. The van der Waals surface area contributed by atoms with Crippen LogP contribution in [0.1, 0.15) is 48.0 Å². The Kier molecular flexibility index (Phi) is 5.37. The molecule has 0 aliphatic carbocycles. The summed E-state index contributed by atoms with van der Waals surface area (Å²) >= 11 is 0. The van der Waals surface area contributed by atoms with Crippen molar-refractivity contribution >= 4 is 11.7 Å². The maximum absolute atomic E-state index is 12.2. The molecule has 22 heavy (non-hydrogen) atoms. The lowest BCUT2D eigenvalue weighted by Crippen LogP contribution is -2.56. The summed E-state index contributed by atoms with van der Waals surface area (Å²) in [5, 5.41) is 2.98. The molecule has 0 aromatic carbocycles. The number of amides is 1. The first-order valence-corrected chi connectivity index (χ1v) is 7.76. The third kappa shape index (κ3) is 3.75. The fourth-order valence-electron chi connectivity index (χ4n) is 2.66. The molecule has 6 heteroatoms. The van der Waals surface area contributed by atoms with Crippen molar-refractivity contribution in [3.63, 3.8) is 0 Å². The van der Waals surface area contributed by atoms with Crippen molar-refractivity contribution in [2.75, 3.05) is 32.8 Å². The van der Waals surface area contributed by atoms with Crippen LogP contribution in [-0.2, 0) is 4.74 Å². The van der Waals surface area contributed by atoms with Crippen molar-refractivity contribution in [1.82, 2.24) is 15.2 Å². The van der Waals surface area contributed by atoms with Gasteiger partial charge < -0.3 is 15.0 Å². The van der Waals surface area contributed by atoms with Gasteiger partial charge in [0, 0.05) is 36.9 Å². The number of aromatic nitrogens is 1. The number of nitrogens with zero attached hydrogens (tertiary/aromatic N) is 1. The standard InChI is InChI=1S/C16H25N3O3/c1-4-16(3,19-5-7-22-8-6-19)11-18-15(21)14-9-13(10-17-14)12(2)20/h9-10,17H,4-8,11H2,1-3H3,(H,18,21)/t16-/m0/s1. The molecule has 0 radical (unpaired) electrons. The monoisotopic (exact) mass is 307 g/mol. The zero-order valence-electron chi connectivity index (χ0n) is 13.6. The molecule has 1 saturated heterocycles. The van der Waals surface area contributed by atoms with Crippen LogP contribution in [0.3, 0.4) is 0 Å². The van der Waals surface area contributed by atoms with Crippen molar-refractivity contribution in [3.05, 3.63) is 23.5 Å². The molecule has 0 spiro atoms. The Morgan fingerprint density at radius 1 is 1.41 bits per heavy atom. The highest BCUT2D eigenvalue weighted by molar-refractivity contribution is 5.99. The summed E-state index contributed by atoms with van der Waals surface area (Å²) in [5.41, 5.74) is 0.859. The average Bonchev–Trinajstić information content (AvgIpc) is 3.03. The van der Waals surface area contributed by atoms with E-state index in [1.54, 1.807) is 12.3 Å². The molecule has 122 valence electrons. The number of hydrogen-bond acceptors (Lipinski definition) is 4. The summed E-state index contributed by atoms with van der Waals surface area (Å²) in [6.45, 7) is 9.59. The molecule has 1 aliphatic rings. The molecule has 0 saturated carbocycles. The molecule has 6 nitrogen and oxygen atoms in total. The summed E-state index contributed by atoms with van der Waals surface area (Å²) in [6.07, 6.45) is 2.51. The molecule has 0 bridgehead atoms. The normalized spacial score (nSPS) is 18.7. The second-order valence-corrected chi connectivity index (χ2v) is 5.99. The number of aromatic amines is 1. The van der Waals surface area contributed by atoms with E-state index in [4.69, 9.17) is 4.74 Å². The molecular formula is C16H25N3O3. The van der Waals surface area contributed by atoms with E-state index in [-0.39, 0.29) is 17.2 Å². The fourth-order valence-corrected chi connectivity index (χ4v) is 2.66. The predicted molar refractivity (Wildman–Crippen MR) is 84.2 cm³/mol. The highest BCUT2D eigenvalue weighted by Crippen LogP contribution is 2.20. The van der Waals surface area contributed by atoms with E-state index in [1.807, 2.05) is 0 Å². The number of morpholine rings is 1. The van der Waals surface area contributed by atoms with Gasteiger partial charge in [-0.15, -0.1) is 0 Å². The molecule has 2 N–H and O–H groups in total. The number of carbonyl (C=O) groups excluding carboxylic acids is 2. The minimum absolute atomic E-state index is 0.0537. The Labute approximate surface area is 131 Å². The van der Waals surface area contributed by atoms with Crippen molar-refractivity contribution < 1.29 is 14.3 Å². The van der Waals surface area contributed by atoms with Gasteiger partial charge in [0.05, 0.1) is 13.2 Å². The van der Waals surface area contributed by atoms with Gasteiger partial charge in [0.2, 0.25) is 0 Å². The molecule has 1 aromatic heterocycles. The van der Waals surface area contributed by atoms with Crippen LogP contribution in [0, 0.1) is 0 Å². The maximum Gasteiger partial charge on any atom is 0.267 e.